The summed E-state index contributed by atoms with van der Waals surface area (Å²) in [4.78, 5) is 23.8. The van der Waals surface area contributed by atoms with E-state index in [0.717, 1.165) is 22.1 Å². The van der Waals surface area contributed by atoms with Crippen molar-refractivity contribution >= 4 is 28.5 Å². The first-order valence-corrected chi connectivity index (χ1v) is 9.10. The molecule has 3 rings (SSSR count). The molecule has 2 N–H and O–H groups in total. The molecule has 0 aliphatic heterocycles. The Bertz CT molecular complexity index is 1090. The first kappa shape index (κ1) is 19.9. The first-order chi connectivity index (χ1) is 13.4. The van der Waals surface area contributed by atoms with Crippen LogP contribution in [0, 0.1) is 6.92 Å². The van der Waals surface area contributed by atoms with Gasteiger partial charge in [0.25, 0.3) is 0 Å². The molecule has 7 heteroatoms. The fraction of sp³-hybridized carbons (Fsp3) is 0.238. The van der Waals surface area contributed by atoms with Crippen molar-refractivity contribution in [1.82, 2.24) is 0 Å². The molecule has 0 saturated carbocycles. The van der Waals surface area contributed by atoms with E-state index in [2.05, 4.69) is 0 Å². The Morgan fingerprint density at radius 1 is 1.14 bits per heavy atom. The van der Waals surface area contributed by atoms with Gasteiger partial charge in [0, 0.05) is 27.6 Å². The number of benzene rings is 2. The van der Waals surface area contributed by atoms with Crippen molar-refractivity contribution in [2.75, 3.05) is 14.2 Å². The second-order valence-electron chi connectivity index (χ2n) is 6.41. The van der Waals surface area contributed by atoms with Crippen molar-refractivity contribution < 1.29 is 24.0 Å². The number of hydrogen-bond acceptors (Lipinski definition) is 5. The van der Waals surface area contributed by atoms with Crippen LogP contribution in [0.25, 0.3) is 11.0 Å². The number of quaternary nitrogens is 1. The number of halogens is 1. The average molecular weight is 403 g/mol. The van der Waals surface area contributed by atoms with Gasteiger partial charge in [0.15, 0.2) is 0 Å². The third-order valence-electron chi connectivity index (χ3n) is 4.52. The predicted octanol–water partition coefficient (Wildman–Crippen LogP) is 2.81. The molecule has 1 heterocycles. The second-order valence-corrected chi connectivity index (χ2v) is 6.82. The Balaban J connectivity index is 1.81. The lowest BCUT2D eigenvalue weighted by atomic mass is 10.1. The molecule has 0 radical (unpaired) electrons. The molecule has 3 aromatic rings. The number of carbonyl (C=O) groups excluding carboxylic acids is 1. The number of esters is 1. The van der Waals surface area contributed by atoms with E-state index in [-0.39, 0.29) is 0 Å². The molecular formula is C21H21ClNO5+. The molecule has 0 spiro atoms. The van der Waals surface area contributed by atoms with Crippen molar-refractivity contribution in [3.63, 3.8) is 0 Å². The third kappa shape index (κ3) is 4.18. The van der Waals surface area contributed by atoms with E-state index in [1.54, 1.807) is 18.2 Å². The van der Waals surface area contributed by atoms with Crippen LogP contribution in [0.3, 0.4) is 0 Å². The molecule has 146 valence electrons. The molecule has 0 unspecified atom stereocenters. The molecule has 2 aromatic carbocycles. The average Bonchev–Trinajstić information content (AvgIpc) is 2.68. The number of fused-ring (bicyclic) bond motifs is 1. The normalized spacial score (nSPS) is 10.9. The van der Waals surface area contributed by atoms with Crippen molar-refractivity contribution in [3.05, 3.63) is 74.1 Å². The summed E-state index contributed by atoms with van der Waals surface area (Å²) in [6.07, 6.45) is 0. The summed E-state index contributed by atoms with van der Waals surface area (Å²) in [5.41, 5.74) is 3.14. The topological polar surface area (TPSA) is 82.4 Å². The molecule has 0 atom stereocenters. The SMILES string of the molecule is COC(=O)c1cc(C[NH2+]Cc2cc(=O)oc3cc(C)c(Cl)cc23)ccc1OC. The van der Waals surface area contributed by atoms with Gasteiger partial charge in [-0.05, 0) is 42.8 Å². The van der Waals surface area contributed by atoms with Gasteiger partial charge in [-0.1, -0.05) is 11.6 Å². The van der Waals surface area contributed by atoms with Crippen LogP contribution in [-0.4, -0.2) is 20.2 Å². The van der Waals surface area contributed by atoms with Crippen LogP contribution in [-0.2, 0) is 17.8 Å². The summed E-state index contributed by atoms with van der Waals surface area (Å²) < 4.78 is 15.3. The number of hydrogen-bond donors (Lipinski definition) is 1. The number of ether oxygens (including phenoxy) is 2. The van der Waals surface area contributed by atoms with Crippen LogP contribution in [0.1, 0.15) is 27.0 Å². The minimum absolute atomic E-state index is 0.379. The smallest absolute Gasteiger partial charge is 0.341 e. The quantitative estimate of drug-likeness (QED) is 0.506. The molecule has 0 bridgehead atoms. The van der Waals surface area contributed by atoms with Crippen molar-refractivity contribution in [2.24, 2.45) is 0 Å². The molecule has 0 amide bonds. The van der Waals surface area contributed by atoms with Gasteiger partial charge in [0.1, 0.15) is 30.0 Å². The van der Waals surface area contributed by atoms with Gasteiger partial charge in [-0.25, -0.2) is 9.59 Å². The van der Waals surface area contributed by atoms with Gasteiger partial charge in [-0.2, -0.15) is 0 Å². The standard InChI is InChI=1S/C21H20ClNO5/c1-12-6-19-15(9-17(12)22)14(8-20(24)28-19)11-23-10-13-4-5-18(26-2)16(7-13)21(25)27-3/h4-9,23H,10-11H2,1-3H3/p+1. The number of carbonyl (C=O) groups is 1. The summed E-state index contributed by atoms with van der Waals surface area (Å²) in [6, 6.07) is 10.5. The fourth-order valence-corrected chi connectivity index (χ4v) is 3.23. The van der Waals surface area contributed by atoms with Crippen LogP contribution in [0.15, 0.2) is 45.6 Å². The zero-order valence-corrected chi connectivity index (χ0v) is 16.6. The number of aryl methyl sites for hydroxylation is 1. The molecule has 0 fully saturated rings. The van der Waals surface area contributed by atoms with E-state index in [4.69, 9.17) is 25.5 Å². The van der Waals surface area contributed by atoms with E-state index >= 15 is 0 Å². The lowest BCUT2D eigenvalue weighted by Gasteiger charge is -2.10. The lowest BCUT2D eigenvalue weighted by Crippen LogP contribution is -2.80. The highest BCUT2D eigenvalue weighted by Crippen LogP contribution is 2.25. The van der Waals surface area contributed by atoms with Gasteiger partial charge in [-0.3, -0.25) is 0 Å². The van der Waals surface area contributed by atoms with Crippen LogP contribution < -0.4 is 15.7 Å². The molecule has 0 saturated heterocycles. The highest BCUT2D eigenvalue weighted by Gasteiger charge is 2.14. The zero-order valence-electron chi connectivity index (χ0n) is 15.9. The van der Waals surface area contributed by atoms with Crippen molar-refractivity contribution in [1.29, 1.82) is 0 Å². The van der Waals surface area contributed by atoms with Gasteiger partial charge >= 0.3 is 11.6 Å². The molecular weight excluding hydrogens is 382 g/mol. The van der Waals surface area contributed by atoms with E-state index in [0.29, 0.717) is 35.0 Å². The number of rotatable bonds is 6. The van der Waals surface area contributed by atoms with E-state index < -0.39 is 11.6 Å². The zero-order chi connectivity index (χ0) is 20.3. The summed E-state index contributed by atoms with van der Waals surface area (Å²) in [7, 11) is 2.84. The largest absolute Gasteiger partial charge is 0.496 e. The summed E-state index contributed by atoms with van der Waals surface area (Å²) in [5.74, 6) is 0.0163. The van der Waals surface area contributed by atoms with Crippen molar-refractivity contribution in [2.45, 2.75) is 20.0 Å². The fourth-order valence-electron chi connectivity index (χ4n) is 3.06. The van der Waals surface area contributed by atoms with Gasteiger partial charge in [0.2, 0.25) is 0 Å². The summed E-state index contributed by atoms with van der Waals surface area (Å²) >= 11 is 6.23. The Kier molecular flexibility index (Phi) is 6.02. The molecule has 0 aliphatic carbocycles. The van der Waals surface area contributed by atoms with Gasteiger partial charge in [0.05, 0.1) is 14.2 Å². The monoisotopic (exact) mass is 402 g/mol. The Labute approximate surface area is 167 Å². The van der Waals surface area contributed by atoms with Crippen LogP contribution >= 0.6 is 11.6 Å². The van der Waals surface area contributed by atoms with Crippen LogP contribution in [0.4, 0.5) is 0 Å². The van der Waals surface area contributed by atoms with Gasteiger partial charge in [-0.15, -0.1) is 0 Å². The highest BCUT2D eigenvalue weighted by atomic mass is 35.5. The van der Waals surface area contributed by atoms with E-state index in [1.807, 2.05) is 24.4 Å². The minimum atomic E-state index is -0.449. The van der Waals surface area contributed by atoms with Crippen molar-refractivity contribution in [3.8, 4) is 5.75 Å². The second kappa shape index (κ2) is 8.46. The Morgan fingerprint density at radius 2 is 1.93 bits per heavy atom. The molecule has 6 nitrogen and oxygen atoms in total. The minimum Gasteiger partial charge on any atom is -0.496 e. The van der Waals surface area contributed by atoms with Crippen LogP contribution in [0.5, 0.6) is 5.75 Å². The Morgan fingerprint density at radius 3 is 2.64 bits per heavy atom. The van der Waals surface area contributed by atoms with Gasteiger partial charge < -0.3 is 19.2 Å². The highest BCUT2D eigenvalue weighted by molar-refractivity contribution is 6.32. The van der Waals surface area contributed by atoms with E-state index in [1.165, 1.54) is 20.3 Å². The maximum atomic E-state index is 11.9. The van der Waals surface area contributed by atoms with Crippen LogP contribution in [0.2, 0.25) is 5.02 Å². The first-order valence-electron chi connectivity index (χ1n) is 8.72. The number of nitrogens with two attached hydrogens (primary N) is 1. The maximum absolute atomic E-state index is 11.9. The molecule has 1 aromatic heterocycles. The third-order valence-corrected chi connectivity index (χ3v) is 4.93. The molecule has 28 heavy (non-hydrogen) atoms. The summed E-state index contributed by atoms with van der Waals surface area (Å²) in [5, 5.41) is 3.47. The van der Waals surface area contributed by atoms with E-state index in [9.17, 15) is 9.59 Å². The summed E-state index contributed by atoms with van der Waals surface area (Å²) in [6.45, 7) is 3.03. The maximum Gasteiger partial charge on any atom is 0.341 e. The lowest BCUT2D eigenvalue weighted by molar-refractivity contribution is -0.686. The number of methoxy groups -OCH3 is 2. The predicted molar refractivity (Wildman–Crippen MR) is 106 cm³/mol. The Hall–Kier alpha value is -2.83. The molecule has 0 aliphatic rings.